The van der Waals surface area contributed by atoms with E-state index >= 15 is 0 Å². The Hall–Kier alpha value is -1.39. The average molecular weight is 549 g/mol. The molecule has 9 heteroatoms. The van der Waals surface area contributed by atoms with Crippen LogP contribution in [0.3, 0.4) is 0 Å². The summed E-state index contributed by atoms with van der Waals surface area (Å²) in [6.07, 6.45) is 1.95. The minimum absolute atomic E-state index is 0. The third-order valence-corrected chi connectivity index (χ3v) is 5.13. The summed E-state index contributed by atoms with van der Waals surface area (Å²) in [6, 6.07) is 8.06. The first-order chi connectivity index (χ1) is 14.0. The predicted molar refractivity (Wildman–Crippen MR) is 134 cm³/mol. The summed E-state index contributed by atoms with van der Waals surface area (Å²) < 4.78 is 7.37. The zero-order valence-corrected chi connectivity index (χ0v) is 21.4. The van der Waals surface area contributed by atoms with Crippen LogP contribution in [0.1, 0.15) is 49.8 Å². The van der Waals surface area contributed by atoms with Crippen molar-refractivity contribution in [2.24, 2.45) is 12.0 Å². The van der Waals surface area contributed by atoms with Gasteiger partial charge >= 0.3 is 0 Å². The molecule has 0 aliphatic carbocycles. The number of halogens is 2. The topological polar surface area (TPSA) is 76.4 Å². The fourth-order valence-electron chi connectivity index (χ4n) is 2.89. The highest BCUT2D eigenvalue weighted by molar-refractivity contribution is 14.0. The van der Waals surface area contributed by atoms with Gasteiger partial charge < -0.3 is 19.9 Å². The average Bonchev–Trinajstić information content (AvgIpc) is 3.04. The standard InChI is InChI=1S/C21H33ClN6O.HI/c1-5-17(18-8-10-19(22)11-9-18)14-24-21(23-12-7-13-29-6-2)25-15-20-27-26-16(3)28(20)4;/h8-11,17H,5-7,12-15H2,1-4H3,(H2,23,24,25);1H. The first-order valence-electron chi connectivity index (χ1n) is 10.2. The van der Waals surface area contributed by atoms with Gasteiger partial charge in [0.05, 0.1) is 0 Å². The monoisotopic (exact) mass is 548 g/mol. The lowest BCUT2D eigenvalue weighted by Gasteiger charge is -2.19. The number of hydrogen-bond donors (Lipinski definition) is 2. The van der Waals surface area contributed by atoms with Crippen molar-refractivity contribution in [3.63, 3.8) is 0 Å². The van der Waals surface area contributed by atoms with Crippen LogP contribution in [0.25, 0.3) is 0 Å². The minimum atomic E-state index is 0. The molecule has 30 heavy (non-hydrogen) atoms. The summed E-state index contributed by atoms with van der Waals surface area (Å²) in [7, 11) is 1.95. The van der Waals surface area contributed by atoms with Crippen LogP contribution in [0, 0.1) is 6.92 Å². The van der Waals surface area contributed by atoms with Crippen LogP contribution in [0.4, 0.5) is 0 Å². The maximum absolute atomic E-state index is 6.03. The van der Waals surface area contributed by atoms with E-state index in [0.29, 0.717) is 12.5 Å². The molecule has 1 atom stereocenters. The Morgan fingerprint density at radius 2 is 1.93 bits per heavy atom. The van der Waals surface area contributed by atoms with Crippen molar-refractivity contribution in [3.05, 3.63) is 46.5 Å². The van der Waals surface area contributed by atoms with Crippen molar-refractivity contribution < 1.29 is 4.74 Å². The first-order valence-corrected chi connectivity index (χ1v) is 10.6. The second kappa shape index (κ2) is 14.6. The fourth-order valence-corrected chi connectivity index (χ4v) is 3.02. The lowest BCUT2D eigenvalue weighted by Crippen LogP contribution is -2.40. The predicted octanol–water partition coefficient (Wildman–Crippen LogP) is 4.05. The van der Waals surface area contributed by atoms with E-state index in [1.54, 1.807) is 0 Å². The SMILES string of the molecule is CCOCCCNC(=NCc1nnc(C)n1C)NCC(CC)c1ccc(Cl)cc1.I. The van der Waals surface area contributed by atoms with Crippen molar-refractivity contribution in [3.8, 4) is 0 Å². The molecule has 7 nitrogen and oxygen atoms in total. The van der Waals surface area contributed by atoms with E-state index in [2.05, 4.69) is 39.9 Å². The van der Waals surface area contributed by atoms with Gasteiger partial charge in [0, 0.05) is 44.3 Å². The van der Waals surface area contributed by atoms with Crippen molar-refractivity contribution in [2.45, 2.75) is 46.1 Å². The zero-order valence-electron chi connectivity index (χ0n) is 18.3. The van der Waals surface area contributed by atoms with Gasteiger partial charge in [-0.25, -0.2) is 4.99 Å². The number of guanidine groups is 1. The van der Waals surface area contributed by atoms with Gasteiger partial charge in [-0.1, -0.05) is 30.7 Å². The van der Waals surface area contributed by atoms with Crippen LogP contribution in [0.5, 0.6) is 0 Å². The molecule has 1 aromatic heterocycles. The number of rotatable bonds is 11. The molecule has 1 heterocycles. The molecule has 0 radical (unpaired) electrons. The second-order valence-electron chi connectivity index (χ2n) is 6.90. The molecule has 1 aromatic carbocycles. The van der Waals surface area contributed by atoms with Crippen molar-refractivity contribution >= 4 is 41.5 Å². The minimum Gasteiger partial charge on any atom is -0.382 e. The molecule has 168 valence electrons. The van der Waals surface area contributed by atoms with E-state index in [-0.39, 0.29) is 24.0 Å². The number of nitrogens with one attached hydrogen (secondary N) is 2. The van der Waals surface area contributed by atoms with Gasteiger partial charge in [-0.15, -0.1) is 34.2 Å². The molecule has 2 aromatic rings. The summed E-state index contributed by atoms with van der Waals surface area (Å²) in [5.74, 6) is 2.86. The quantitative estimate of drug-likeness (QED) is 0.192. The van der Waals surface area contributed by atoms with Gasteiger partial charge in [0.15, 0.2) is 11.8 Å². The van der Waals surface area contributed by atoms with E-state index < -0.39 is 0 Å². The van der Waals surface area contributed by atoms with Crippen LogP contribution < -0.4 is 10.6 Å². The van der Waals surface area contributed by atoms with Crippen molar-refractivity contribution in [2.75, 3.05) is 26.3 Å². The lowest BCUT2D eigenvalue weighted by atomic mass is 9.96. The number of nitrogens with zero attached hydrogens (tertiary/aromatic N) is 4. The normalized spacial score (nSPS) is 12.4. The number of hydrogen-bond acceptors (Lipinski definition) is 4. The van der Waals surface area contributed by atoms with Gasteiger partial charge in [0.2, 0.25) is 0 Å². The molecule has 0 bridgehead atoms. The number of benzene rings is 1. The molecule has 0 fully saturated rings. The number of aliphatic imine (C=N–C) groups is 1. The Bertz CT molecular complexity index is 765. The van der Waals surface area contributed by atoms with Gasteiger partial charge in [-0.2, -0.15) is 0 Å². The third kappa shape index (κ3) is 8.77. The van der Waals surface area contributed by atoms with Gasteiger partial charge in [-0.3, -0.25) is 0 Å². The molecule has 0 aliphatic heterocycles. The summed E-state index contributed by atoms with van der Waals surface area (Å²) in [6.45, 7) is 9.65. The zero-order chi connectivity index (χ0) is 21.1. The molecule has 2 N–H and O–H groups in total. The van der Waals surface area contributed by atoms with Crippen LogP contribution in [-0.2, 0) is 18.3 Å². The Labute approximate surface area is 202 Å². The van der Waals surface area contributed by atoms with Crippen LogP contribution >= 0.6 is 35.6 Å². The number of aryl methyl sites for hydroxylation is 1. The van der Waals surface area contributed by atoms with E-state index in [4.69, 9.17) is 21.3 Å². The highest BCUT2D eigenvalue weighted by Crippen LogP contribution is 2.20. The van der Waals surface area contributed by atoms with Gasteiger partial charge in [-0.05, 0) is 44.4 Å². The number of aromatic nitrogens is 3. The highest BCUT2D eigenvalue weighted by Gasteiger charge is 2.11. The fraction of sp³-hybridized carbons (Fsp3) is 0.571. The molecule has 2 rings (SSSR count). The number of ether oxygens (including phenoxy) is 1. The van der Waals surface area contributed by atoms with E-state index in [1.165, 1.54) is 5.56 Å². The summed E-state index contributed by atoms with van der Waals surface area (Å²) in [4.78, 5) is 4.71. The Morgan fingerprint density at radius 3 is 2.53 bits per heavy atom. The van der Waals surface area contributed by atoms with Crippen molar-refractivity contribution in [1.82, 2.24) is 25.4 Å². The lowest BCUT2D eigenvalue weighted by molar-refractivity contribution is 0.145. The van der Waals surface area contributed by atoms with Crippen LogP contribution in [-0.4, -0.2) is 47.0 Å². The Balaban J connectivity index is 0.00000450. The molecule has 0 amide bonds. The molecule has 0 saturated carbocycles. The van der Waals surface area contributed by atoms with Crippen LogP contribution in [0.2, 0.25) is 5.02 Å². The van der Waals surface area contributed by atoms with Gasteiger partial charge in [0.1, 0.15) is 12.4 Å². The summed E-state index contributed by atoms with van der Waals surface area (Å²) in [5, 5.41) is 15.9. The smallest absolute Gasteiger partial charge is 0.191 e. The maximum atomic E-state index is 6.03. The largest absolute Gasteiger partial charge is 0.382 e. The summed E-state index contributed by atoms with van der Waals surface area (Å²) >= 11 is 6.03. The molecular formula is C21H34ClIN6O. The van der Waals surface area contributed by atoms with Crippen molar-refractivity contribution in [1.29, 1.82) is 0 Å². The van der Waals surface area contributed by atoms with E-state index in [0.717, 1.165) is 61.8 Å². The second-order valence-corrected chi connectivity index (χ2v) is 7.34. The molecule has 0 aliphatic rings. The highest BCUT2D eigenvalue weighted by atomic mass is 127. The van der Waals surface area contributed by atoms with Gasteiger partial charge in [0.25, 0.3) is 0 Å². The maximum Gasteiger partial charge on any atom is 0.191 e. The van der Waals surface area contributed by atoms with E-state index in [1.807, 2.05) is 37.6 Å². The molecular weight excluding hydrogens is 515 g/mol. The molecule has 0 saturated heterocycles. The third-order valence-electron chi connectivity index (χ3n) is 4.87. The molecule has 0 spiro atoms. The summed E-state index contributed by atoms with van der Waals surface area (Å²) in [5.41, 5.74) is 1.27. The Kier molecular flexibility index (Phi) is 13.0. The molecule has 1 unspecified atom stereocenters. The van der Waals surface area contributed by atoms with Crippen LogP contribution in [0.15, 0.2) is 29.3 Å². The Morgan fingerprint density at radius 1 is 1.20 bits per heavy atom. The first kappa shape index (κ1) is 26.6. The van der Waals surface area contributed by atoms with E-state index in [9.17, 15) is 0 Å².